The molecule has 0 N–H and O–H groups in total. The highest BCUT2D eigenvalue weighted by atomic mass is 32.1. The van der Waals surface area contributed by atoms with Crippen molar-refractivity contribution >= 4 is 68.3 Å². The van der Waals surface area contributed by atoms with Gasteiger partial charge in [0.1, 0.15) is 29.1 Å². The molecule has 59 heavy (non-hydrogen) atoms. The number of rotatable bonds is 18. The van der Waals surface area contributed by atoms with Crippen LogP contribution in [0.1, 0.15) is 46.4 Å². The number of anilines is 6. The monoisotopic (exact) mass is 793 g/mol. The highest BCUT2D eigenvalue weighted by Crippen LogP contribution is 2.38. The van der Waals surface area contributed by atoms with Crippen LogP contribution in [-0.4, -0.2) is 30.8 Å². The van der Waals surface area contributed by atoms with Crippen molar-refractivity contribution in [3.05, 3.63) is 187 Å². The van der Waals surface area contributed by atoms with Gasteiger partial charge in [-0.3, -0.25) is 9.59 Å². The van der Waals surface area contributed by atoms with Gasteiger partial charge in [0.25, 0.3) is 0 Å². The lowest BCUT2D eigenvalue weighted by atomic mass is 10.1. The molecule has 0 amide bonds. The van der Waals surface area contributed by atoms with Crippen molar-refractivity contribution in [2.45, 2.75) is 25.7 Å². The number of aromatic nitrogens is 1. The lowest BCUT2D eigenvalue weighted by molar-refractivity contribution is 0.111. The zero-order chi connectivity index (χ0) is 40.2. The molecule has 0 spiro atoms. The van der Waals surface area contributed by atoms with E-state index in [9.17, 15) is 9.59 Å². The molecule has 0 aliphatic heterocycles. The van der Waals surface area contributed by atoms with Gasteiger partial charge in [0.2, 0.25) is 0 Å². The predicted octanol–water partition coefficient (Wildman–Crippen LogP) is 13.5. The first-order valence-electron chi connectivity index (χ1n) is 19.8. The van der Waals surface area contributed by atoms with Crippen LogP contribution in [0.15, 0.2) is 176 Å². The van der Waals surface area contributed by atoms with E-state index in [-0.39, 0.29) is 0 Å². The van der Waals surface area contributed by atoms with Gasteiger partial charge in [0.05, 0.1) is 23.4 Å². The molecule has 1 heterocycles. The van der Waals surface area contributed by atoms with E-state index in [1.165, 1.54) is 0 Å². The number of nitrogens with zero attached hydrogens (tertiary/aromatic N) is 3. The first-order valence-corrected chi connectivity index (χ1v) is 20.6. The standard InChI is InChI=1S/C51H43N3O4S/c55-36-38-15-21-43(22-16-38)54(44-23-17-39(37-56)18-24-44)45-25-19-40(20-26-45)51-52-49-32-31-48(35-50(49)59-51)58-34-10-2-1-9-33-57-47-29-27-46(28-30-47)53(41-11-5-3-6-12-41)42-13-7-4-8-14-42/h3-8,11-32,35-37H,1-2,9-10,33-34H2. The van der Waals surface area contributed by atoms with Crippen molar-refractivity contribution in [1.82, 2.24) is 4.98 Å². The Hall–Kier alpha value is -7.03. The number of aldehydes is 2. The minimum absolute atomic E-state index is 0.608. The van der Waals surface area contributed by atoms with Crippen LogP contribution in [0.4, 0.5) is 34.1 Å². The fourth-order valence-electron chi connectivity index (χ4n) is 6.95. The molecule has 8 aromatic rings. The number of benzene rings is 7. The third-order valence-corrected chi connectivity index (χ3v) is 11.1. The van der Waals surface area contributed by atoms with Gasteiger partial charge in [-0.2, -0.15) is 0 Å². The van der Waals surface area contributed by atoms with Crippen LogP contribution in [0.2, 0.25) is 0 Å². The Bertz CT molecular complexity index is 2490. The van der Waals surface area contributed by atoms with E-state index < -0.39 is 0 Å². The van der Waals surface area contributed by atoms with E-state index in [4.69, 9.17) is 14.5 Å². The molecule has 1 aromatic heterocycles. The summed E-state index contributed by atoms with van der Waals surface area (Å²) >= 11 is 1.64. The molecule has 0 saturated heterocycles. The van der Waals surface area contributed by atoms with Gasteiger partial charge in [-0.15, -0.1) is 11.3 Å². The molecule has 0 saturated carbocycles. The lowest BCUT2D eigenvalue weighted by Gasteiger charge is -2.25. The number of thiazole rings is 1. The quantitative estimate of drug-likeness (QED) is 0.0633. The second kappa shape index (κ2) is 18.9. The van der Waals surface area contributed by atoms with Crippen LogP contribution < -0.4 is 19.3 Å². The number of para-hydroxylation sites is 2. The van der Waals surface area contributed by atoms with Crippen molar-refractivity contribution in [2.24, 2.45) is 0 Å². The minimum atomic E-state index is 0.608. The number of carbonyl (C=O) groups is 2. The second-order valence-electron chi connectivity index (χ2n) is 14.1. The number of ether oxygens (including phenoxy) is 2. The van der Waals surface area contributed by atoms with E-state index in [2.05, 4.69) is 101 Å². The predicted molar refractivity (Wildman–Crippen MR) is 241 cm³/mol. The summed E-state index contributed by atoms with van der Waals surface area (Å²) in [6, 6.07) is 58.4. The second-order valence-corrected chi connectivity index (χ2v) is 15.1. The average Bonchev–Trinajstić information content (AvgIpc) is 3.73. The van der Waals surface area contributed by atoms with Crippen molar-refractivity contribution in [3.8, 4) is 22.1 Å². The molecule has 8 heteroatoms. The van der Waals surface area contributed by atoms with Crippen molar-refractivity contribution in [3.63, 3.8) is 0 Å². The SMILES string of the molecule is O=Cc1ccc(N(c2ccc(C=O)cc2)c2ccc(-c3nc4ccc(OCCCCCCOc5ccc(N(c6ccccc6)c6ccccc6)cc5)cc4s3)cc2)cc1. The van der Waals surface area contributed by atoms with E-state index >= 15 is 0 Å². The molecule has 0 aliphatic carbocycles. The molecule has 8 rings (SSSR count). The highest BCUT2D eigenvalue weighted by Gasteiger charge is 2.15. The molecule has 7 aromatic carbocycles. The van der Waals surface area contributed by atoms with Crippen LogP contribution in [0.3, 0.4) is 0 Å². The molecule has 292 valence electrons. The normalized spacial score (nSPS) is 10.9. The molecule has 0 radical (unpaired) electrons. The fourth-order valence-corrected chi connectivity index (χ4v) is 7.95. The summed E-state index contributed by atoms with van der Waals surface area (Å²) in [4.78, 5) is 31.8. The zero-order valence-corrected chi connectivity index (χ0v) is 33.3. The van der Waals surface area contributed by atoms with Crippen molar-refractivity contribution < 1.29 is 19.1 Å². The maximum Gasteiger partial charge on any atom is 0.150 e. The average molecular weight is 794 g/mol. The number of unbranched alkanes of at least 4 members (excludes halogenated alkanes) is 3. The lowest BCUT2D eigenvalue weighted by Crippen LogP contribution is -2.10. The maximum atomic E-state index is 11.3. The van der Waals surface area contributed by atoms with E-state index in [1.54, 1.807) is 35.6 Å². The summed E-state index contributed by atoms with van der Waals surface area (Å²) in [7, 11) is 0. The molecular formula is C51H43N3O4S. The van der Waals surface area contributed by atoms with Gasteiger partial charge in [-0.05, 0) is 165 Å². The van der Waals surface area contributed by atoms with Gasteiger partial charge >= 0.3 is 0 Å². The Labute approximate surface area is 348 Å². The molecule has 0 fully saturated rings. The topological polar surface area (TPSA) is 72.0 Å². The Morgan fingerprint density at radius 1 is 0.458 bits per heavy atom. The molecular weight excluding hydrogens is 751 g/mol. The summed E-state index contributed by atoms with van der Waals surface area (Å²) in [5.74, 6) is 1.73. The first kappa shape index (κ1) is 38.8. The third kappa shape index (κ3) is 9.58. The largest absolute Gasteiger partial charge is 0.494 e. The number of hydrogen-bond acceptors (Lipinski definition) is 8. The van der Waals surface area contributed by atoms with E-state index in [0.29, 0.717) is 24.3 Å². The Kier molecular flexibility index (Phi) is 12.5. The van der Waals surface area contributed by atoms with Gasteiger partial charge in [0, 0.05) is 50.8 Å². The summed E-state index contributed by atoms with van der Waals surface area (Å²) in [5, 5.41) is 0.931. The molecule has 7 nitrogen and oxygen atoms in total. The molecule has 0 unspecified atom stereocenters. The van der Waals surface area contributed by atoms with Crippen LogP contribution in [-0.2, 0) is 0 Å². The van der Waals surface area contributed by atoms with E-state index in [1.807, 2.05) is 60.7 Å². The minimum Gasteiger partial charge on any atom is -0.494 e. The first-order chi connectivity index (χ1) is 29.1. The number of fused-ring (bicyclic) bond motifs is 1. The van der Waals surface area contributed by atoms with Gasteiger partial charge in [-0.1, -0.05) is 36.4 Å². The summed E-state index contributed by atoms with van der Waals surface area (Å²) in [6.07, 6.45) is 5.77. The van der Waals surface area contributed by atoms with Crippen LogP contribution in [0, 0.1) is 0 Å². The third-order valence-electron chi connectivity index (χ3n) is 10.0. The summed E-state index contributed by atoms with van der Waals surface area (Å²) in [5.41, 5.74) is 9.22. The highest BCUT2D eigenvalue weighted by molar-refractivity contribution is 7.21. The van der Waals surface area contributed by atoms with E-state index in [0.717, 1.165) is 105 Å². The van der Waals surface area contributed by atoms with Gasteiger partial charge in [-0.25, -0.2) is 4.98 Å². The Morgan fingerprint density at radius 2 is 0.881 bits per heavy atom. The maximum absolute atomic E-state index is 11.3. The Balaban J connectivity index is 0.812. The summed E-state index contributed by atoms with van der Waals surface area (Å²) < 4.78 is 13.3. The molecule has 0 aliphatic rings. The van der Waals surface area contributed by atoms with Gasteiger partial charge < -0.3 is 19.3 Å². The number of carbonyl (C=O) groups excluding carboxylic acids is 2. The van der Waals surface area contributed by atoms with Crippen LogP contribution in [0.5, 0.6) is 11.5 Å². The number of hydrogen-bond donors (Lipinski definition) is 0. The smallest absolute Gasteiger partial charge is 0.150 e. The van der Waals surface area contributed by atoms with Crippen LogP contribution in [0.25, 0.3) is 20.8 Å². The molecule has 0 bridgehead atoms. The van der Waals surface area contributed by atoms with Crippen molar-refractivity contribution in [2.75, 3.05) is 23.0 Å². The zero-order valence-electron chi connectivity index (χ0n) is 32.5. The van der Waals surface area contributed by atoms with Crippen LogP contribution >= 0.6 is 11.3 Å². The van der Waals surface area contributed by atoms with Gasteiger partial charge in [0.15, 0.2) is 0 Å². The fraction of sp³-hybridized carbons (Fsp3) is 0.118. The Morgan fingerprint density at radius 3 is 1.37 bits per heavy atom. The molecule has 0 atom stereocenters. The van der Waals surface area contributed by atoms with Crippen molar-refractivity contribution in [1.29, 1.82) is 0 Å². The summed E-state index contributed by atoms with van der Waals surface area (Å²) in [6.45, 7) is 1.34.